The van der Waals surface area contributed by atoms with Gasteiger partial charge < -0.3 is 9.13 Å². The molecule has 4 heteroatoms. The van der Waals surface area contributed by atoms with Gasteiger partial charge in [-0.3, -0.25) is 0 Å². The van der Waals surface area contributed by atoms with Gasteiger partial charge in [0.25, 0.3) is 0 Å². The van der Waals surface area contributed by atoms with Gasteiger partial charge in [-0.1, -0.05) is 154 Å². The van der Waals surface area contributed by atoms with Crippen LogP contribution in [0.3, 0.4) is 0 Å². The lowest BCUT2D eigenvalue weighted by Crippen LogP contribution is -2.05. The molecule has 0 atom stereocenters. The molecular weight excluding hydrogens is 597 g/mol. The number of aryl methyl sites for hydroxylation is 2. The smallest absolute Gasteiger partial charge is 0.0602 e. The molecule has 0 spiro atoms. The fraction of sp³-hybridized carbons (Fsp3) is 0.571. The maximum Gasteiger partial charge on any atom is 0.0602 e. The minimum Gasteiger partial charge on any atom is -0.339 e. The molecular formula is C42H60N2S2. The fourth-order valence-corrected chi connectivity index (χ4v) is 9.37. The van der Waals surface area contributed by atoms with E-state index in [-0.39, 0.29) is 0 Å². The molecule has 0 aliphatic carbocycles. The molecule has 0 bridgehead atoms. The minimum absolute atomic E-state index is 1.10. The van der Waals surface area contributed by atoms with Crippen LogP contribution in [0.2, 0.25) is 0 Å². The van der Waals surface area contributed by atoms with E-state index in [1.165, 1.54) is 169 Å². The van der Waals surface area contributed by atoms with Crippen LogP contribution in [0.4, 0.5) is 0 Å². The molecule has 2 nitrogen and oxygen atoms in total. The van der Waals surface area contributed by atoms with Crippen molar-refractivity contribution >= 4 is 63.5 Å². The van der Waals surface area contributed by atoms with Crippen molar-refractivity contribution in [3.05, 3.63) is 60.7 Å². The average molecular weight is 657 g/mol. The van der Waals surface area contributed by atoms with E-state index in [1.54, 1.807) is 0 Å². The molecule has 0 amide bonds. The van der Waals surface area contributed by atoms with Crippen LogP contribution in [0.5, 0.6) is 0 Å². The third-order valence-corrected chi connectivity index (χ3v) is 12.1. The van der Waals surface area contributed by atoms with E-state index in [0.29, 0.717) is 0 Å². The summed E-state index contributed by atoms with van der Waals surface area (Å²) in [6, 6.07) is 23.2. The maximum absolute atomic E-state index is 2.64. The molecule has 3 aromatic carbocycles. The summed E-state index contributed by atoms with van der Waals surface area (Å²) in [6.45, 7) is 6.81. The molecule has 5 rings (SSSR count). The number of benzene rings is 3. The summed E-state index contributed by atoms with van der Waals surface area (Å²) in [5.74, 6) is 0. The Hall–Kier alpha value is -2.30. The maximum atomic E-state index is 2.64. The van der Waals surface area contributed by atoms with E-state index in [2.05, 4.69) is 83.6 Å². The second kappa shape index (κ2) is 19.5. The number of nitrogens with zero attached hydrogens (tertiary/aromatic N) is 2. The first-order valence-electron chi connectivity index (χ1n) is 19.1. The summed E-state index contributed by atoms with van der Waals surface area (Å²) >= 11 is 3.93. The minimum atomic E-state index is 1.10. The first-order chi connectivity index (χ1) is 22.8. The van der Waals surface area contributed by atoms with E-state index < -0.39 is 0 Å². The van der Waals surface area contributed by atoms with Crippen molar-refractivity contribution in [3.8, 4) is 0 Å². The Morgan fingerprint density at radius 3 is 1.07 bits per heavy atom. The van der Waals surface area contributed by atoms with Crippen molar-refractivity contribution in [1.29, 1.82) is 0 Å². The molecule has 250 valence electrons. The largest absolute Gasteiger partial charge is 0.339 e. The number of aromatic nitrogens is 2. The number of hydrogen-bond donors (Lipinski definition) is 0. The molecule has 2 heterocycles. The zero-order valence-corrected chi connectivity index (χ0v) is 30.7. The second-order valence-electron chi connectivity index (χ2n) is 13.6. The van der Waals surface area contributed by atoms with Gasteiger partial charge in [0, 0.05) is 13.1 Å². The second-order valence-corrected chi connectivity index (χ2v) is 15.8. The Balaban J connectivity index is 1.31. The van der Waals surface area contributed by atoms with Crippen LogP contribution < -0.4 is 0 Å². The topological polar surface area (TPSA) is 9.86 Å². The Morgan fingerprint density at radius 1 is 0.370 bits per heavy atom. The van der Waals surface area contributed by atoms with Crippen LogP contribution in [0.25, 0.3) is 40.9 Å². The van der Waals surface area contributed by atoms with Gasteiger partial charge in [-0.2, -0.15) is 0 Å². The van der Waals surface area contributed by atoms with E-state index in [0.717, 1.165) is 13.1 Å². The monoisotopic (exact) mass is 656 g/mol. The summed E-state index contributed by atoms with van der Waals surface area (Å²) in [6.07, 6.45) is 27.6. The summed E-state index contributed by atoms with van der Waals surface area (Å²) in [4.78, 5) is 0. The van der Waals surface area contributed by atoms with Gasteiger partial charge in [-0.25, -0.2) is 0 Å². The van der Waals surface area contributed by atoms with Gasteiger partial charge in [0.05, 0.1) is 40.9 Å². The number of fused-ring (bicyclic) bond motifs is 4. The lowest BCUT2D eigenvalue weighted by Gasteiger charge is -2.19. The zero-order valence-electron chi connectivity index (χ0n) is 29.0. The van der Waals surface area contributed by atoms with Crippen LogP contribution in [0.15, 0.2) is 60.7 Å². The molecule has 0 aliphatic rings. The normalized spacial score (nSPS) is 11.9. The molecule has 0 saturated heterocycles. The highest BCUT2D eigenvalue weighted by Crippen LogP contribution is 2.36. The van der Waals surface area contributed by atoms with Gasteiger partial charge in [0.15, 0.2) is 0 Å². The van der Waals surface area contributed by atoms with Gasteiger partial charge in [-0.15, -0.1) is 22.7 Å². The lowest BCUT2D eigenvalue weighted by atomic mass is 10.1. The summed E-state index contributed by atoms with van der Waals surface area (Å²) in [7, 11) is 0. The van der Waals surface area contributed by atoms with Crippen molar-refractivity contribution in [2.45, 2.75) is 155 Å². The number of hydrogen-bond acceptors (Lipinski definition) is 2. The Morgan fingerprint density at radius 2 is 0.696 bits per heavy atom. The molecule has 0 radical (unpaired) electrons. The molecule has 5 aromatic rings. The molecule has 46 heavy (non-hydrogen) atoms. The standard InChI is InChI=1S/C42H60N2S2/c1-3-5-7-9-11-13-15-17-19-25-31-43-35-27-21-23-29-39(35)45-41-34-38-42(33-37(41)43)46-40-30-24-22-28-36(40)44(38)32-26-20-18-16-14-12-10-8-6-4-2/h21-24,27-30,33-34H,3-20,25-26,31-32H2,1-2H3. The van der Waals surface area contributed by atoms with Crippen molar-refractivity contribution in [2.24, 2.45) is 0 Å². The van der Waals surface area contributed by atoms with Crippen LogP contribution in [0.1, 0.15) is 142 Å². The van der Waals surface area contributed by atoms with Gasteiger partial charge >= 0.3 is 0 Å². The third kappa shape index (κ3) is 9.86. The summed E-state index contributed by atoms with van der Waals surface area (Å²) in [5, 5.41) is 0. The van der Waals surface area contributed by atoms with Gasteiger partial charge in [-0.05, 0) is 49.2 Å². The van der Waals surface area contributed by atoms with E-state index in [9.17, 15) is 0 Å². The van der Waals surface area contributed by atoms with Crippen LogP contribution in [0, 0.1) is 0 Å². The van der Waals surface area contributed by atoms with Crippen molar-refractivity contribution in [3.63, 3.8) is 0 Å². The lowest BCUT2D eigenvalue weighted by molar-refractivity contribution is 0.541. The predicted molar refractivity (Wildman–Crippen MR) is 210 cm³/mol. The molecule has 2 aromatic heterocycles. The summed E-state index contributed by atoms with van der Waals surface area (Å²) in [5.41, 5.74) is 5.59. The number of rotatable bonds is 22. The molecule has 0 aliphatic heterocycles. The van der Waals surface area contributed by atoms with Crippen LogP contribution >= 0.6 is 22.7 Å². The fourth-order valence-electron chi connectivity index (χ4n) is 7.15. The Bertz CT molecular complexity index is 1520. The first kappa shape index (κ1) is 35.0. The SMILES string of the molecule is CCCCCCCCCCCCn1c2ccccc2sc2cc3c(cc21)sc1ccccc1n3CCCCCCCCCCCC. The van der Waals surface area contributed by atoms with Gasteiger partial charge in [0.2, 0.25) is 0 Å². The third-order valence-electron chi connectivity index (χ3n) is 9.84. The van der Waals surface area contributed by atoms with Crippen molar-refractivity contribution in [1.82, 2.24) is 9.13 Å². The zero-order chi connectivity index (χ0) is 31.8. The Labute approximate surface area is 287 Å². The van der Waals surface area contributed by atoms with Crippen molar-refractivity contribution in [2.75, 3.05) is 0 Å². The predicted octanol–water partition coefficient (Wildman–Crippen LogP) is 15.0. The van der Waals surface area contributed by atoms with E-state index >= 15 is 0 Å². The molecule has 0 saturated carbocycles. The Kier molecular flexibility index (Phi) is 14.8. The molecule has 0 N–H and O–H groups in total. The van der Waals surface area contributed by atoms with Crippen molar-refractivity contribution < 1.29 is 0 Å². The van der Waals surface area contributed by atoms with Gasteiger partial charge in [0.1, 0.15) is 0 Å². The highest BCUT2D eigenvalue weighted by molar-refractivity contribution is 7.25. The van der Waals surface area contributed by atoms with E-state index in [1.807, 2.05) is 22.7 Å². The molecule has 0 fully saturated rings. The summed E-state index contributed by atoms with van der Waals surface area (Å²) < 4.78 is 10.9. The number of para-hydroxylation sites is 2. The highest BCUT2D eigenvalue weighted by atomic mass is 32.1. The number of unbranched alkanes of at least 4 members (excludes halogenated alkanes) is 18. The average Bonchev–Trinajstić information content (AvgIpc) is 3.08. The van der Waals surface area contributed by atoms with E-state index in [4.69, 9.17) is 0 Å². The quantitative estimate of drug-likeness (QED) is 0.0518. The first-order valence-corrected chi connectivity index (χ1v) is 20.7. The van der Waals surface area contributed by atoms with Crippen LogP contribution in [-0.4, -0.2) is 9.13 Å². The highest BCUT2D eigenvalue weighted by Gasteiger charge is 2.12. The van der Waals surface area contributed by atoms with Crippen LogP contribution in [-0.2, 0) is 13.1 Å². The molecule has 0 unspecified atom stereocenters.